The zero-order chi connectivity index (χ0) is 16.0. The average Bonchev–Trinajstić information content (AvgIpc) is 2.47. The van der Waals surface area contributed by atoms with Crippen LogP contribution in [0, 0.1) is 0 Å². The number of benzene rings is 1. The van der Waals surface area contributed by atoms with Crippen LogP contribution in [0.5, 0.6) is 0 Å². The van der Waals surface area contributed by atoms with Crippen molar-refractivity contribution in [1.82, 2.24) is 14.9 Å². The summed E-state index contributed by atoms with van der Waals surface area (Å²) in [5.41, 5.74) is 1.08. The maximum absolute atomic E-state index is 11.9. The van der Waals surface area contributed by atoms with Crippen LogP contribution in [-0.4, -0.2) is 51.2 Å². The summed E-state index contributed by atoms with van der Waals surface area (Å²) in [6.45, 7) is 2.35. The van der Waals surface area contributed by atoms with Gasteiger partial charge in [0, 0.05) is 25.7 Å². The van der Waals surface area contributed by atoms with E-state index in [1.54, 1.807) is 0 Å². The summed E-state index contributed by atoms with van der Waals surface area (Å²) in [5, 5.41) is 2.90. The van der Waals surface area contributed by atoms with E-state index in [4.69, 9.17) is 0 Å². The van der Waals surface area contributed by atoms with Crippen molar-refractivity contribution < 1.29 is 13.2 Å². The summed E-state index contributed by atoms with van der Waals surface area (Å²) >= 11 is 0. The lowest BCUT2D eigenvalue weighted by atomic mass is 10.1. The van der Waals surface area contributed by atoms with Crippen molar-refractivity contribution in [3.63, 3.8) is 0 Å². The Morgan fingerprint density at radius 2 is 1.86 bits per heavy atom. The second kappa shape index (κ2) is 7.71. The van der Waals surface area contributed by atoms with Crippen molar-refractivity contribution in [1.29, 1.82) is 0 Å². The van der Waals surface area contributed by atoms with Crippen LogP contribution in [0.4, 0.5) is 0 Å². The van der Waals surface area contributed by atoms with E-state index in [0.717, 1.165) is 31.5 Å². The molecule has 0 spiro atoms. The fourth-order valence-electron chi connectivity index (χ4n) is 2.57. The van der Waals surface area contributed by atoms with Gasteiger partial charge in [-0.1, -0.05) is 30.3 Å². The summed E-state index contributed by atoms with van der Waals surface area (Å²) in [6, 6.07) is 9.77. The van der Waals surface area contributed by atoms with Crippen molar-refractivity contribution in [2.24, 2.45) is 0 Å². The number of rotatable bonds is 6. The fraction of sp³-hybridized carbons (Fsp3) is 0.533. The number of carbonyl (C=O) groups is 1. The second-order valence-corrected chi connectivity index (χ2v) is 7.48. The zero-order valence-electron chi connectivity index (χ0n) is 12.8. The van der Waals surface area contributed by atoms with Crippen LogP contribution in [0.2, 0.25) is 0 Å². The van der Waals surface area contributed by atoms with Crippen LogP contribution in [0.25, 0.3) is 0 Å². The summed E-state index contributed by atoms with van der Waals surface area (Å²) in [7, 11) is -3.15. The van der Waals surface area contributed by atoms with Crippen molar-refractivity contribution in [2.45, 2.75) is 25.4 Å². The molecule has 1 amide bonds. The normalized spacial score (nSPS) is 17.3. The van der Waals surface area contributed by atoms with E-state index in [0.29, 0.717) is 13.1 Å². The molecule has 0 aromatic heterocycles. The second-order valence-electron chi connectivity index (χ2n) is 5.70. The molecule has 0 aliphatic carbocycles. The SMILES string of the molecule is CS(=O)(=O)NC1CCN(CC(=O)NCc2ccccc2)CC1. The molecule has 1 aromatic rings. The maximum Gasteiger partial charge on any atom is 0.234 e. The Kier molecular flexibility index (Phi) is 5.93. The number of nitrogens with zero attached hydrogens (tertiary/aromatic N) is 1. The van der Waals surface area contributed by atoms with Gasteiger partial charge < -0.3 is 5.32 Å². The van der Waals surface area contributed by atoms with E-state index >= 15 is 0 Å². The Morgan fingerprint density at radius 1 is 1.23 bits per heavy atom. The van der Waals surface area contributed by atoms with Crippen LogP contribution in [-0.2, 0) is 21.4 Å². The number of carbonyl (C=O) groups excluding carboxylic acids is 1. The maximum atomic E-state index is 11.9. The highest BCUT2D eigenvalue weighted by Gasteiger charge is 2.22. The smallest absolute Gasteiger partial charge is 0.234 e. The lowest BCUT2D eigenvalue weighted by Gasteiger charge is -2.31. The van der Waals surface area contributed by atoms with Gasteiger partial charge >= 0.3 is 0 Å². The Bertz CT molecular complexity index is 581. The molecule has 0 unspecified atom stereocenters. The Labute approximate surface area is 131 Å². The minimum absolute atomic E-state index is 0.00150. The molecule has 7 heteroatoms. The molecule has 0 saturated carbocycles. The van der Waals surface area contributed by atoms with Gasteiger partial charge in [-0.15, -0.1) is 0 Å². The minimum Gasteiger partial charge on any atom is -0.351 e. The standard InChI is InChI=1S/C15H23N3O3S/c1-22(20,21)17-14-7-9-18(10-8-14)12-15(19)16-11-13-5-3-2-4-6-13/h2-6,14,17H,7-12H2,1H3,(H,16,19). The van der Waals surface area contributed by atoms with Crippen LogP contribution in [0.1, 0.15) is 18.4 Å². The average molecular weight is 325 g/mol. The van der Waals surface area contributed by atoms with Crippen LogP contribution >= 0.6 is 0 Å². The number of hydrogen-bond donors (Lipinski definition) is 2. The first-order chi connectivity index (χ1) is 10.4. The lowest BCUT2D eigenvalue weighted by molar-refractivity contribution is -0.122. The molecule has 122 valence electrons. The predicted molar refractivity (Wildman–Crippen MR) is 85.7 cm³/mol. The highest BCUT2D eigenvalue weighted by atomic mass is 32.2. The molecule has 1 aromatic carbocycles. The number of piperidine rings is 1. The Balaban J connectivity index is 1.68. The molecule has 1 heterocycles. The van der Waals surface area contributed by atoms with Gasteiger partial charge in [-0.05, 0) is 18.4 Å². The Morgan fingerprint density at radius 3 is 2.45 bits per heavy atom. The molecule has 1 fully saturated rings. The predicted octanol–water partition coefficient (Wildman–Crippen LogP) is 0.316. The zero-order valence-corrected chi connectivity index (χ0v) is 13.6. The fourth-order valence-corrected chi connectivity index (χ4v) is 3.41. The molecule has 0 bridgehead atoms. The third-order valence-electron chi connectivity index (χ3n) is 3.67. The number of hydrogen-bond acceptors (Lipinski definition) is 4. The van der Waals surface area contributed by atoms with Gasteiger partial charge in [0.2, 0.25) is 15.9 Å². The molecule has 22 heavy (non-hydrogen) atoms. The summed E-state index contributed by atoms with van der Waals surface area (Å²) in [4.78, 5) is 14.0. The first-order valence-corrected chi connectivity index (χ1v) is 9.32. The first kappa shape index (κ1) is 16.9. The third-order valence-corrected chi connectivity index (χ3v) is 4.43. The van der Waals surface area contributed by atoms with E-state index < -0.39 is 10.0 Å². The van der Waals surface area contributed by atoms with E-state index in [9.17, 15) is 13.2 Å². The first-order valence-electron chi connectivity index (χ1n) is 7.43. The third kappa shape index (κ3) is 6.13. The van der Waals surface area contributed by atoms with Crippen LogP contribution in [0.3, 0.4) is 0 Å². The van der Waals surface area contributed by atoms with Crippen LogP contribution < -0.4 is 10.0 Å². The van der Waals surface area contributed by atoms with Gasteiger partial charge in [0.05, 0.1) is 12.8 Å². The number of amides is 1. The molecule has 2 N–H and O–H groups in total. The monoisotopic (exact) mass is 325 g/mol. The van der Waals surface area contributed by atoms with E-state index in [-0.39, 0.29) is 11.9 Å². The van der Waals surface area contributed by atoms with Crippen molar-refractivity contribution in [3.05, 3.63) is 35.9 Å². The van der Waals surface area contributed by atoms with E-state index in [2.05, 4.69) is 14.9 Å². The van der Waals surface area contributed by atoms with Crippen molar-refractivity contribution in [2.75, 3.05) is 25.9 Å². The molecular formula is C15H23N3O3S. The van der Waals surface area contributed by atoms with Gasteiger partial charge in [0.15, 0.2) is 0 Å². The number of likely N-dealkylation sites (tertiary alicyclic amines) is 1. The number of nitrogens with one attached hydrogen (secondary N) is 2. The molecular weight excluding hydrogens is 302 g/mol. The van der Waals surface area contributed by atoms with E-state index in [1.807, 2.05) is 30.3 Å². The molecule has 0 radical (unpaired) electrons. The molecule has 0 atom stereocenters. The molecule has 1 saturated heterocycles. The highest BCUT2D eigenvalue weighted by molar-refractivity contribution is 7.88. The summed E-state index contributed by atoms with van der Waals surface area (Å²) in [6.07, 6.45) is 2.65. The lowest BCUT2D eigenvalue weighted by Crippen LogP contribution is -2.47. The molecule has 1 aliphatic rings. The molecule has 6 nitrogen and oxygen atoms in total. The highest BCUT2D eigenvalue weighted by Crippen LogP contribution is 2.10. The van der Waals surface area contributed by atoms with Crippen LogP contribution in [0.15, 0.2) is 30.3 Å². The van der Waals surface area contributed by atoms with Crippen molar-refractivity contribution in [3.8, 4) is 0 Å². The van der Waals surface area contributed by atoms with Gasteiger partial charge in [-0.25, -0.2) is 13.1 Å². The van der Waals surface area contributed by atoms with Gasteiger partial charge in [0.25, 0.3) is 0 Å². The Hall–Kier alpha value is -1.44. The van der Waals surface area contributed by atoms with Gasteiger partial charge in [-0.2, -0.15) is 0 Å². The summed E-state index contributed by atoms with van der Waals surface area (Å²) < 4.78 is 25.0. The molecule has 2 rings (SSSR count). The topological polar surface area (TPSA) is 78.5 Å². The largest absolute Gasteiger partial charge is 0.351 e. The van der Waals surface area contributed by atoms with E-state index in [1.165, 1.54) is 6.26 Å². The molecule has 1 aliphatic heterocycles. The van der Waals surface area contributed by atoms with Gasteiger partial charge in [0.1, 0.15) is 0 Å². The summed E-state index contributed by atoms with van der Waals surface area (Å²) in [5.74, 6) is -0.00150. The van der Waals surface area contributed by atoms with Gasteiger partial charge in [-0.3, -0.25) is 9.69 Å². The minimum atomic E-state index is -3.15. The quantitative estimate of drug-likeness (QED) is 0.789. The van der Waals surface area contributed by atoms with Crippen molar-refractivity contribution >= 4 is 15.9 Å². The number of sulfonamides is 1.